The Morgan fingerprint density at radius 2 is 1.62 bits per heavy atom. The molecule has 0 aliphatic rings. The maximum atomic E-state index is 10.8. The molecule has 0 aliphatic heterocycles. The summed E-state index contributed by atoms with van der Waals surface area (Å²) in [6.07, 6.45) is 0. The molecular weight excluding hydrogens is 292 g/mol. The highest BCUT2D eigenvalue weighted by molar-refractivity contribution is 6.31. The summed E-state index contributed by atoms with van der Waals surface area (Å²) < 4.78 is 5.55. The van der Waals surface area contributed by atoms with Gasteiger partial charge in [0.25, 0.3) is 5.88 Å². The molecule has 0 radical (unpaired) electrons. The Kier molecular flexibility index (Phi) is 3.41. The number of fused-ring (bicyclic) bond motifs is 1. The number of ether oxygens (including phenoxy) is 1. The number of carbonyl (C=O) groups is 1. The largest absolute Gasteiger partial charge is 0.478 e. The van der Waals surface area contributed by atoms with Crippen LogP contribution in [0.2, 0.25) is 5.15 Å². The van der Waals surface area contributed by atoms with Crippen LogP contribution in [0.5, 0.6) is 11.6 Å². The van der Waals surface area contributed by atoms with Crippen LogP contribution in [0.15, 0.2) is 48.5 Å². The van der Waals surface area contributed by atoms with Crippen molar-refractivity contribution >= 4 is 28.6 Å². The van der Waals surface area contributed by atoms with Crippen molar-refractivity contribution in [2.45, 2.75) is 0 Å². The van der Waals surface area contributed by atoms with E-state index >= 15 is 0 Å². The molecular formula is C15H9ClN2O3. The second-order valence-corrected chi connectivity index (χ2v) is 4.60. The number of aromatic carboxylic acids is 1. The highest BCUT2D eigenvalue weighted by Crippen LogP contribution is 2.28. The van der Waals surface area contributed by atoms with Crippen LogP contribution < -0.4 is 4.74 Å². The van der Waals surface area contributed by atoms with Crippen LogP contribution in [0.1, 0.15) is 10.4 Å². The van der Waals surface area contributed by atoms with E-state index in [9.17, 15) is 4.79 Å². The molecule has 1 aromatic heterocycles. The fourth-order valence-electron chi connectivity index (χ4n) is 1.80. The molecule has 0 saturated heterocycles. The van der Waals surface area contributed by atoms with Gasteiger partial charge in [0.05, 0.1) is 16.6 Å². The summed E-state index contributed by atoms with van der Waals surface area (Å²) in [6, 6.07) is 13.3. The van der Waals surface area contributed by atoms with Gasteiger partial charge in [0, 0.05) is 0 Å². The van der Waals surface area contributed by atoms with Gasteiger partial charge in [0.15, 0.2) is 5.15 Å². The van der Waals surface area contributed by atoms with Crippen LogP contribution >= 0.6 is 11.6 Å². The lowest BCUT2D eigenvalue weighted by Gasteiger charge is -2.07. The van der Waals surface area contributed by atoms with E-state index in [0.717, 1.165) is 0 Å². The van der Waals surface area contributed by atoms with Crippen LogP contribution in [0, 0.1) is 0 Å². The molecule has 1 N–H and O–H groups in total. The van der Waals surface area contributed by atoms with Gasteiger partial charge in [-0.1, -0.05) is 23.7 Å². The maximum absolute atomic E-state index is 10.8. The number of hydrogen-bond acceptors (Lipinski definition) is 4. The van der Waals surface area contributed by atoms with Crippen molar-refractivity contribution < 1.29 is 14.6 Å². The normalized spacial score (nSPS) is 10.5. The smallest absolute Gasteiger partial charge is 0.335 e. The number of rotatable bonds is 3. The number of benzene rings is 2. The number of nitrogens with zero attached hydrogens (tertiary/aromatic N) is 2. The first-order valence-corrected chi connectivity index (χ1v) is 6.45. The zero-order valence-electron chi connectivity index (χ0n) is 10.7. The van der Waals surface area contributed by atoms with E-state index in [1.54, 1.807) is 12.1 Å². The SMILES string of the molecule is O=C(O)c1ccc(Oc2nc3ccccc3nc2Cl)cc1. The van der Waals surface area contributed by atoms with Gasteiger partial charge in [-0.3, -0.25) is 0 Å². The zero-order valence-corrected chi connectivity index (χ0v) is 11.4. The van der Waals surface area contributed by atoms with Gasteiger partial charge in [0.2, 0.25) is 0 Å². The monoisotopic (exact) mass is 300 g/mol. The first-order chi connectivity index (χ1) is 10.1. The molecule has 0 aliphatic carbocycles. The van der Waals surface area contributed by atoms with Gasteiger partial charge in [-0.05, 0) is 36.4 Å². The van der Waals surface area contributed by atoms with Gasteiger partial charge < -0.3 is 9.84 Å². The van der Waals surface area contributed by atoms with Crippen molar-refractivity contribution in [2.24, 2.45) is 0 Å². The second kappa shape index (κ2) is 5.38. The molecule has 5 nitrogen and oxygen atoms in total. The number of para-hydroxylation sites is 2. The topological polar surface area (TPSA) is 72.3 Å². The predicted octanol–water partition coefficient (Wildman–Crippen LogP) is 3.77. The van der Waals surface area contributed by atoms with E-state index in [-0.39, 0.29) is 16.6 Å². The fourth-order valence-corrected chi connectivity index (χ4v) is 1.98. The molecule has 6 heteroatoms. The quantitative estimate of drug-likeness (QED) is 0.797. The van der Waals surface area contributed by atoms with Crippen LogP contribution in [0.3, 0.4) is 0 Å². The Labute approximate surface area is 124 Å². The number of halogens is 1. The summed E-state index contributed by atoms with van der Waals surface area (Å²) in [5.74, 6) is -0.380. The number of hydrogen-bond donors (Lipinski definition) is 1. The first-order valence-electron chi connectivity index (χ1n) is 6.07. The van der Waals surface area contributed by atoms with Crippen LogP contribution in [-0.2, 0) is 0 Å². The Hall–Kier alpha value is -2.66. The van der Waals surface area contributed by atoms with Gasteiger partial charge in [-0.2, -0.15) is 0 Å². The lowest BCUT2D eigenvalue weighted by molar-refractivity contribution is 0.0697. The standard InChI is InChI=1S/C15H9ClN2O3/c16-13-14(18-12-4-2-1-3-11(12)17-13)21-10-7-5-9(6-8-10)15(19)20/h1-8H,(H,19,20). The fraction of sp³-hybridized carbons (Fsp3) is 0. The molecule has 104 valence electrons. The molecule has 3 aromatic rings. The highest BCUT2D eigenvalue weighted by atomic mass is 35.5. The zero-order chi connectivity index (χ0) is 14.8. The summed E-state index contributed by atoms with van der Waals surface area (Å²) in [6.45, 7) is 0. The maximum Gasteiger partial charge on any atom is 0.335 e. The second-order valence-electron chi connectivity index (χ2n) is 4.24. The van der Waals surface area contributed by atoms with Gasteiger partial charge >= 0.3 is 5.97 Å². The van der Waals surface area contributed by atoms with Crippen molar-refractivity contribution in [1.82, 2.24) is 9.97 Å². The van der Waals surface area contributed by atoms with Crippen molar-refractivity contribution in [3.63, 3.8) is 0 Å². The van der Waals surface area contributed by atoms with Gasteiger partial charge in [0.1, 0.15) is 5.75 Å². The molecule has 0 saturated carbocycles. The average molecular weight is 301 g/mol. The summed E-state index contributed by atoms with van der Waals surface area (Å²) >= 11 is 6.04. The number of aromatic nitrogens is 2. The van der Waals surface area contributed by atoms with E-state index < -0.39 is 5.97 Å². The molecule has 0 unspecified atom stereocenters. The third-order valence-corrected chi connectivity index (χ3v) is 3.06. The van der Waals surface area contributed by atoms with Crippen molar-refractivity contribution in [3.05, 3.63) is 59.2 Å². The molecule has 0 amide bonds. The minimum atomic E-state index is -0.995. The Balaban J connectivity index is 1.93. The number of carboxylic acids is 1. The summed E-state index contributed by atoms with van der Waals surface area (Å²) in [5, 5.41) is 8.99. The van der Waals surface area contributed by atoms with E-state index in [2.05, 4.69) is 9.97 Å². The van der Waals surface area contributed by atoms with Crippen molar-refractivity contribution in [1.29, 1.82) is 0 Å². The van der Waals surface area contributed by atoms with Gasteiger partial charge in [-0.15, -0.1) is 0 Å². The summed E-state index contributed by atoms with van der Waals surface area (Å²) in [4.78, 5) is 19.3. The average Bonchev–Trinajstić information content (AvgIpc) is 2.48. The molecule has 0 bridgehead atoms. The number of carboxylic acid groups (broad SMARTS) is 1. The van der Waals surface area contributed by atoms with E-state index in [4.69, 9.17) is 21.4 Å². The van der Waals surface area contributed by atoms with Crippen molar-refractivity contribution in [2.75, 3.05) is 0 Å². The summed E-state index contributed by atoms with van der Waals surface area (Å²) in [5.41, 5.74) is 1.52. The van der Waals surface area contributed by atoms with Crippen LogP contribution in [0.4, 0.5) is 0 Å². The molecule has 21 heavy (non-hydrogen) atoms. The Morgan fingerprint density at radius 3 is 2.24 bits per heavy atom. The third-order valence-electron chi connectivity index (χ3n) is 2.81. The Bertz CT molecular complexity index is 819. The highest BCUT2D eigenvalue weighted by Gasteiger charge is 2.10. The minimum Gasteiger partial charge on any atom is -0.478 e. The molecule has 2 aromatic carbocycles. The third kappa shape index (κ3) is 2.78. The lowest BCUT2D eigenvalue weighted by Crippen LogP contribution is -1.96. The molecule has 0 spiro atoms. The molecule has 0 atom stereocenters. The predicted molar refractivity (Wildman–Crippen MR) is 78.0 cm³/mol. The summed E-state index contributed by atoms with van der Waals surface area (Å²) in [7, 11) is 0. The van der Waals surface area contributed by atoms with Crippen LogP contribution in [0.25, 0.3) is 11.0 Å². The van der Waals surface area contributed by atoms with Crippen LogP contribution in [-0.4, -0.2) is 21.0 Å². The van der Waals surface area contributed by atoms with Crippen molar-refractivity contribution in [3.8, 4) is 11.6 Å². The molecule has 0 fully saturated rings. The van der Waals surface area contributed by atoms with E-state index in [1.807, 2.05) is 12.1 Å². The van der Waals surface area contributed by atoms with E-state index in [1.165, 1.54) is 24.3 Å². The Morgan fingerprint density at radius 1 is 1.00 bits per heavy atom. The lowest BCUT2D eigenvalue weighted by atomic mass is 10.2. The van der Waals surface area contributed by atoms with Gasteiger partial charge in [-0.25, -0.2) is 14.8 Å². The first kappa shape index (κ1) is 13.3. The molecule has 3 rings (SSSR count). The van der Waals surface area contributed by atoms with E-state index in [0.29, 0.717) is 16.8 Å². The minimum absolute atomic E-state index is 0.149. The molecule has 1 heterocycles.